The highest BCUT2D eigenvalue weighted by Gasteiger charge is 2.20. The highest BCUT2D eigenvalue weighted by atomic mass is 32.1. The molecule has 0 bridgehead atoms. The molecule has 0 atom stereocenters. The first-order valence-electron chi connectivity index (χ1n) is 13.2. The second-order valence-corrected chi connectivity index (χ2v) is 11.1. The summed E-state index contributed by atoms with van der Waals surface area (Å²) in [7, 11) is 0. The molecule has 0 spiro atoms. The Morgan fingerprint density at radius 2 is 1.33 bits per heavy atom. The minimum absolute atomic E-state index is 0.927. The van der Waals surface area contributed by atoms with Crippen LogP contribution in [0.1, 0.15) is 0 Å². The number of hydrogen-bond acceptors (Lipinski definition) is 2. The lowest BCUT2D eigenvalue weighted by atomic mass is 10.00. The van der Waals surface area contributed by atoms with Gasteiger partial charge in [-0.2, -0.15) is 0 Å². The van der Waals surface area contributed by atoms with Crippen molar-refractivity contribution in [1.29, 1.82) is 0 Å². The maximum atomic E-state index is 6.41. The summed E-state index contributed by atoms with van der Waals surface area (Å²) in [6.45, 7) is 0. The van der Waals surface area contributed by atoms with Gasteiger partial charge in [-0.25, -0.2) is 0 Å². The molecular weight excluding hydrogens is 494 g/mol. The van der Waals surface area contributed by atoms with Gasteiger partial charge in [-0.3, -0.25) is 0 Å². The van der Waals surface area contributed by atoms with E-state index in [0.29, 0.717) is 0 Å². The van der Waals surface area contributed by atoms with E-state index in [2.05, 4.69) is 132 Å². The molecule has 2 nitrogen and oxygen atoms in total. The van der Waals surface area contributed by atoms with Crippen LogP contribution in [0, 0.1) is 0 Å². The van der Waals surface area contributed by atoms with E-state index >= 15 is 0 Å². The van der Waals surface area contributed by atoms with Crippen molar-refractivity contribution in [2.24, 2.45) is 0 Å². The van der Waals surface area contributed by atoms with Gasteiger partial charge in [0.1, 0.15) is 11.2 Å². The fourth-order valence-corrected chi connectivity index (χ4v) is 7.63. The molecular formula is C36H21NOS. The molecule has 39 heavy (non-hydrogen) atoms. The lowest BCUT2D eigenvalue weighted by molar-refractivity contribution is 0.669. The minimum atomic E-state index is 0.927. The lowest BCUT2D eigenvalue weighted by Gasteiger charge is -2.08. The van der Waals surface area contributed by atoms with Gasteiger partial charge in [0.05, 0.1) is 15.7 Å². The molecule has 0 saturated carbocycles. The Bertz CT molecular complexity index is 2390. The first-order chi connectivity index (χ1) is 19.3. The van der Waals surface area contributed by atoms with Gasteiger partial charge in [-0.1, -0.05) is 91.0 Å². The fraction of sp³-hybridized carbons (Fsp3) is 0. The maximum absolute atomic E-state index is 6.41. The highest BCUT2D eigenvalue weighted by molar-refractivity contribution is 7.27. The molecule has 0 aliphatic rings. The molecule has 182 valence electrons. The zero-order valence-electron chi connectivity index (χ0n) is 20.9. The van der Waals surface area contributed by atoms with Crippen molar-refractivity contribution < 1.29 is 4.42 Å². The third kappa shape index (κ3) is 2.91. The quantitative estimate of drug-likeness (QED) is 0.224. The molecule has 6 aromatic carbocycles. The maximum Gasteiger partial charge on any atom is 0.136 e. The second kappa shape index (κ2) is 7.83. The molecule has 0 unspecified atom stereocenters. The van der Waals surface area contributed by atoms with Gasteiger partial charge in [0.2, 0.25) is 0 Å². The van der Waals surface area contributed by atoms with Gasteiger partial charge in [0, 0.05) is 31.9 Å². The number of aromatic nitrogens is 1. The Balaban J connectivity index is 1.33. The van der Waals surface area contributed by atoms with Crippen LogP contribution in [0.25, 0.3) is 80.7 Å². The highest BCUT2D eigenvalue weighted by Crippen LogP contribution is 2.46. The van der Waals surface area contributed by atoms with Crippen molar-refractivity contribution in [3.05, 3.63) is 127 Å². The molecule has 0 radical (unpaired) electrons. The van der Waals surface area contributed by atoms with Crippen LogP contribution < -0.4 is 0 Å². The van der Waals surface area contributed by atoms with Crippen LogP contribution in [0.15, 0.2) is 132 Å². The van der Waals surface area contributed by atoms with Gasteiger partial charge in [0.15, 0.2) is 0 Å². The normalized spacial score (nSPS) is 12.1. The van der Waals surface area contributed by atoms with Gasteiger partial charge < -0.3 is 8.98 Å². The van der Waals surface area contributed by atoms with Crippen LogP contribution in [0.5, 0.6) is 0 Å². The van der Waals surface area contributed by atoms with E-state index in [1.807, 2.05) is 11.3 Å². The predicted octanol–water partition coefficient (Wildman–Crippen LogP) is 10.7. The largest absolute Gasteiger partial charge is 0.456 e. The number of hydrogen-bond donors (Lipinski definition) is 0. The Morgan fingerprint density at radius 1 is 0.538 bits per heavy atom. The van der Waals surface area contributed by atoms with E-state index in [9.17, 15) is 0 Å². The number of fused-ring (bicyclic) bond motifs is 10. The zero-order chi connectivity index (χ0) is 25.5. The van der Waals surface area contributed by atoms with Crippen molar-refractivity contribution in [3.8, 4) is 16.8 Å². The molecule has 0 aliphatic heterocycles. The predicted molar refractivity (Wildman–Crippen MR) is 166 cm³/mol. The van der Waals surface area contributed by atoms with Gasteiger partial charge >= 0.3 is 0 Å². The van der Waals surface area contributed by atoms with Crippen LogP contribution in [-0.2, 0) is 0 Å². The van der Waals surface area contributed by atoms with Crippen LogP contribution in [0.3, 0.4) is 0 Å². The molecule has 9 rings (SSSR count). The molecule has 0 aliphatic carbocycles. The summed E-state index contributed by atoms with van der Waals surface area (Å²) in [4.78, 5) is 0. The Labute approximate surface area is 227 Å². The monoisotopic (exact) mass is 515 g/mol. The Morgan fingerprint density at radius 3 is 2.26 bits per heavy atom. The van der Waals surface area contributed by atoms with Crippen molar-refractivity contribution in [2.45, 2.75) is 0 Å². The van der Waals surface area contributed by atoms with Crippen molar-refractivity contribution >= 4 is 75.3 Å². The van der Waals surface area contributed by atoms with E-state index in [-0.39, 0.29) is 0 Å². The van der Waals surface area contributed by atoms with Crippen LogP contribution in [-0.4, -0.2) is 4.57 Å². The van der Waals surface area contributed by atoms with E-state index in [4.69, 9.17) is 4.42 Å². The van der Waals surface area contributed by atoms with Crippen molar-refractivity contribution in [2.75, 3.05) is 0 Å². The smallest absolute Gasteiger partial charge is 0.136 e. The van der Waals surface area contributed by atoms with Gasteiger partial charge in [-0.05, 0) is 58.3 Å². The average molecular weight is 516 g/mol. The third-order valence-electron chi connectivity index (χ3n) is 7.99. The molecule has 3 heterocycles. The van der Waals surface area contributed by atoms with Crippen LogP contribution in [0.4, 0.5) is 0 Å². The summed E-state index contributed by atoms with van der Waals surface area (Å²) in [5.41, 5.74) is 7.99. The Kier molecular flexibility index (Phi) is 4.24. The molecule has 0 fully saturated rings. The summed E-state index contributed by atoms with van der Waals surface area (Å²) >= 11 is 1.89. The minimum Gasteiger partial charge on any atom is -0.456 e. The third-order valence-corrected chi connectivity index (χ3v) is 9.25. The van der Waals surface area contributed by atoms with Crippen molar-refractivity contribution in [1.82, 2.24) is 4.57 Å². The number of thiophene rings is 1. The molecule has 0 N–H and O–H groups in total. The topological polar surface area (TPSA) is 18.1 Å². The SMILES string of the molecule is c1ccc(-n2c3ccccc3c3sc4c(-c5ccc6c(c5)oc5ccc7ccccc7c56)cccc4c32)cc1. The van der Waals surface area contributed by atoms with E-state index < -0.39 is 0 Å². The average Bonchev–Trinajstić information content (AvgIpc) is 3.66. The lowest BCUT2D eigenvalue weighted by Crippen LogP contribution is -1.92. The first-order valence-corrected chi connectivity index (χ1v) is 14.0. The van der Waals surface area contributed by atoms with Gasteiger partial charge in [0.25, 0.3) is 0 Å². The second-order valence-electron chi connectivity index (χ2n) is 10.1. The summed E-state index contributed by atoms with van der Waals surface area (Å²) in [6, 6.07) is 45.6. The molecule has 0 amide bonds. The summed E-state index contributed by atoms with van der Waals surface area (Å²) in [5, 5.41) is 7.40. The molecule has 0 saturated heterocycles. The number of rotatable bonds is 2. The van der Waals surface area contributed by atoms with E-state index in [1.54, 1.807) is 0 Å². The number of benzene rings is 6. The van der Waals surface area contributed by atoms with Gasteiger partial charge in [-0.15, -0.1) is 11.3 Å². The molecule has 3 heteroatoms. The summed E-state index contributed by atoms with van der Waals surface area (Å²) in [5.74, 6) is 0. The number of nitrogens with zero attached hydrogens (tertiary/aromatic N) is 1. The van der Waals surface area contributed by atoms with E-state index in [0.717, 1.165) is 16.6 Å². The molecule has 9 aromatic rings. The number of para-hydroxylation sites is 2. The summed E-state index contributed by atoms with van der Waals surface area (Å²) in [6.07, 6.45) is 0. The first kappa shape index (κ1) is 21.1. The van der Waals surface area contributed by atoms with E-state index in [1.165, 1.54) is 64.2 Å². The fourth-order valence-electron chi connectivity index (χ4n) is 6.28. The van der Waals surface area contributed by atoms with Crippen LogP contribution >= 0.6 is 11.3 Å². The Hall–Kier alpha value is -4.86. The number of furan rings is 1. The standard InChI is InChI=1S/C36H21NOS/c1-2-10-24(11-3-1)37-30-16-7-6-13-27(30)36-34(37)29-15-8-14-26(35(29)39-36)23-17-19-28-32(21-23)38-31-20-18-22-9-4-5-12-25(22)33(28)31/h1-21H. The zero-order valence-corrected chi connectivity index (χ0v) is 21.7. The molecule has 3 aromatic heterocycles. The van der Waals surface area contributed by atoms with Crippen molar-refractivity contribution in [3.63, 3.8) is 0 Å². The van der Waals surface area contributed by atoms with Crippen LogP contribution in [0.2, 0.25) is 0 Å². The summed E-state index contributed by atoms with van der Waals surface area (Å²) < 4.78 is 11.5.